The van der Waals surface area contributed by atoms with Crippen molar-refractivity contribution in [2.45, 2.75) is 51.0 Å². The van der Waals surface area contributed by atoms with Gasteiger partial charge in [0.05, 0.1) is 0 Å². The van der Waals surface area contributed by atoms with E-state index < -0.39 is 0 Å². The molecule has 1 amide bonds. The van der Waals surface area contributed by atoms with Gasteiger partial charge < -0.3 is 10.6 Å². The molecule has 2 atom stereocenters. The predicted octanol–water partition coefficient (Wildman–Crippen LogP) is 1.52. The summed E-state index contributed by atoms with van der Waals surface area (Å²) in [4.78, 5) is 14.1. The fourth-order valence-electron chi connectivity index (χ4n) is 3.11. The van der Waals surface area contributed by atoms with Crippen LogP contribution in [-0.2, 0) is 4.79 Å². The monoisotopic (exact) mass is 210 g/mol. The molecular formula is C12H22N2O. The van der Waals surface area contributed by atoms with Crippen LogP contribution in [0.15, 0.2) is 0 Å². The maximum absolute atomic E-state index is 11.9. The molecule has 2 unspecified atom stereocenters. The Morgan fingerprint density at radius 2 is 2.07 bits per heavy atom. The van der Waals surface area contributed by atoms with E-state index in [1.165, 1.54) is 32.1 Å². The predicted molar refractivity (Wildman–Crippen MR) is 60.4 cm³/mol. The SMILES string of the molecule is NCCCC(=O)N1CCC2CCCCC21. The van der Waals surface area contributed by atoms with Crippen molar-refractivity contribution in [1.29, 1.82) is 0 Å². The van der Waals surface area contributed by atoms with Gasteiger partial charge in [0.25, 0.3) is 0 Å². The molecule has 0 aromatic heterocycles. The van der Waals surface area contributed by atoms with Crippen LogP contribution in [0.5, 0.6) is 0 Å². The summed E-state index contributed by atoms with van der Waals surface area (Å²) in [7, 11) is 0. The van der Waals surface area contributed by atoms with E-state index in [1.807, 2.05) is 0 Å². The molecule has 3 heteroatoms. The topological polar surface area (TPSA) is 46.3 Å². The van der Waals surface area contributed by atoms with Crippen LogP contribution in [0.4, 0.5) is 0 Å². The number of fused-ring (bicyclic) bond motifs is 1. The highest BCUT2D eigenvalue weighted by Gasteiger charge is 2.37. The minimum atomic E-state index is 0.342. The summed E-state index contributed by atoms with van der Waals surface area (Å²) in [6, 6.07) is 0.573. The summed E-state index contributed by atoms with van der Waals surface area (Å²) in [5, 5.41) is 0. The Labute approximate surface area is 92.0 Å². The Balaban J connectivity index is 1.89. The minimum Gasteiger partial charge on any atom is -0.339 e. The highest BCUT2D eigenvalue weighted by atomic mass is 16.2. The maximum Gasteiger partial charge on any atom is 0.222 e. The van der Waals surface area contributed by atoms with E-state index in [9.17, 15) is 4.79 Å². The van der Waals surface area contributed by atoms with Crippen LogP contribution in [0.25, 0.3) is 0 Å². The molecule has 0 aromatic rings. The summed E-state index contributed by atoms with van der Waals surface area (Å²) in [6.45, 7) is 1.63. The fourth-order valence-corrected chi connectivity index (χ4v) is 3.11. The Hall–Kier alpha value is -0.570. The van der Waals surface area contributed by atoms with Crippen molar-refractivity contribution in [2.24, 2.45) is 11.7 Å². The minimum absolute atomic E-state index is 0.342. The largest absolute Gasteiger partial charge is 0.339 e. The fraction of sp³-hybridized carbons (Fsp3) is 0.917. The molecule has 2 aliphatic rings. The van der Waals surface area contributed by atoms with Gasteiger partial charge in [-0.2, -0.15) is 0 Å². The first-order valence-electron chi connectivity index (χ1n) is 6.32. The molecule has 3 nitrogen and oxygen atoms in total. The molecule has 0 radical (unpaired) electrons. The van der Waals surface area contributed by atoms with Gasteiger partial charge >= 0.3 is 0 Å². The lowest BCUT2D eigenvalue weighted by Crippen LogP contribution is -2.39. The summed E-state index contributed by atoms with van der Waals surface area (Å²) in [5.41, 5.74) is 5.44. The number of nitrogens with two attached hydrogens (primary N) is 1. The summed E-state index contributed by atoms with van der Waals surface area (Å²) < 4.78 is 0. The van der Waals surface area contributed by atoms with Crippen LogP contribution in [0.2, 0.25) is 0 Å². The molecule has 0 bridgehead atoms. The van der Waals surface area contributed by atoms with Crippen molar-refractivity contribution >= 4 is 5.91 Å². The molecule has 1 aliphatic heterocycles. The summed E-state index contributed by atoms with van der Waals surface area (Å²) >= 11 is 0. The van der Waals surface area contributed by atoms with Crippen molar-refractivity contribution in [2.75, 3.05) is 13.1 Å². The smallest absolute Gasteiger partial charge is 0.222 e. The third kappa shape index (κ3) is 2.33. The molecular weight excluding hydrogens is 188 g/mol. The quantitative estimate of drug-likeness (QED) is 0.767. The van der Waals surface area contributed by atoms with Gasteiger partial charge in [0.15, 0.2) is 0 Å². The molecule has 15 heavy (non-hydrogen) atoms. The van der Waals surface area contributed by atoms with E-state index >= 15 is 0 Å². The Bertz CT molecular complexity index is 230. The van der Waals surface area contributed by atoms with Crippen molar-refractivity contribution in [3.8, 4) is 0 Å². The highest BCUT2D eigenvalue weighted by Crippen LogP contribution is 2.36. The van der Waals surface area contributed by atoms with E-state index in [1.54, 1.807) is 0 Å². The van der Waals surface area contributed by atoms with Crippen molar-refractivity contribution < 1.29 is 4.79 Å². The van der Waals surface area contributed by atoms with Crippen molar-refractivity contribution in [1.82, 2.24) is 4.90 Å². The van der Waals surface area contributed by atoms with Crippen LogP contribution in [-0.4, -0.2) is 29.9 Å². The number of carbonyl (C=O) groups excluding carboxylic acids is 1. The third-order valence-corrected chi connectivity index (χ3v) is 3.93. The number of hydrogen-bond donors (Lipinski definition) is 1. The van der Waals surface area contributed by atoms with Gasteiger partial charge in [-0.3, -0.25) is 4.79 Å². The molecule has 1 saturated carbocycles. The average molecular weight is 210 g/mol. The van der Waals surface area contributed by atoms with Gasteiger partial charge in [0.2, 0.25) is 5.91 Å². The molecule has 86 valence electrons. The normalized spacial score (nSPS) is 30.3. The zero-order valence-corrected chi connectivity index (χ0v) is 9.45. The molecule has 2 N–H and O–H groups in total. The molecule has 2 fully saturated rings. The zero-order chi connectivity index (χ0) is 10.7. The molecule has 1 saturated heterocycles. The van der Waals surface area contributed by atoms with E-state index in [2.05, 4.69) is 4.90 Å². The number of likely N-dealkylation sites (tertiary alicyclic amines) is 1. The molecule has 2 rings (SSSR count). The summed E-state index contributed by atoms with van der Waals surface area (Å²) in [6.07, 6.45) is 7.98. The van der Waals surface area contributed by atoms with Gasteiger partial charge in [-0.25, -0.2) is 0 Å². The molecule has 0 spiro atoms. The van der Waals surface area contributed by atoms with E-state index in [0.29, 0.717) is 24.9 Å². The Kier molecular flexibility index (Phi) is 3.62. The first-order chi connectivity index (χ1) is 7.33. The van der Waals surface area contributed by atoms with Crippen molar-refractivity contribution in [3.05, 3.63) is 0 Å². The Morgan fingerprint density at radius 1 is 1.27 bits per heavy atom. The standard InChI is InChI=1S/C12H22N2O/c13-8-3-6-12(15)14-9-7-10-4-1-2-5-11(10)14/h10-11H,1-9,13H2. The highest BCUT2D eigenvalue weighted by molar-refractivity contribution is 5.76. The molecule has 0 aromatic carbocycles. The van der Waals surface area contributed by atoms with Gasteiger partial charge in [-0.1, -0.05) is 12.8 Å². The van der Waals surface area contributed by atoms with E-state index in [0.717, 1.165) is 18.9 Å². The maximum atomic E-state index is 11.9. The van der Waals surface area contributed by atoms with Crippen LogP contribution in [0.1, 0.15) is 44.9 Å². The van der Waals surface area contributed by atoms with Crippen LogP contribution < -0.4 is 5.73 Å². The van der Waals surface area contributed by atoms with Gasteiger partial charge in [-0.15, -0.1) is 0 Å². The van der Waals surface area contributed by atoms with Crippen LogP contribution in [0, 0.1) is 5.92 Å². The second-order valence-corrected chi connectivity index (χ2v) is 4.88. The van der Waals surface area contributed by atoms with Crippen LogP contribution in [0.3, 0.4) is 0 Å². The number of carbonyl (C=O) groups is 1. The third-order valence-electron chi connectivity index (χ3n) is 3.93. The van der Waals surface area contributed by atoms with Gasteiger partial charge in [0, 0.05) is 19.0 Å². The summed E-state index contributed by atoms with van der Waals surface area (Å²) in [5.74, 6) is 1.15. The first kappa shape index (κ1) is 10.9. The second-order valence-electron chi connectivity index (χ2n) is 4.88. The van der Waals surface area contributed by atoms with E-state index in [4.69, 9.17) is 5.73 Å². The van der Waals surface area contributed by atoms with Crippen molar-refractivity contribution in [3.63, 3.8) is 0 Å². The lowest BCUT2D eigenvalue weighted by Gasteiger charge is -2.31. The lowest BCUT2D eigenvalue weighted by molar-refractivity contribution is -0.132. The second kappa shape index (κ2) is 4.97. The number of nitrogens with zero attached hydrogens (tertiary/aromatic N) is 1. The Morgan fingerprint density at radius 3 is 2.87 bits per heavy atom. The van der Waals surface area contributed by atoms with Gasteiger partial charge in [0.1, 0.15) is 0 Å². The molecule has 1 aliphatic carbocycles. The number of rotatable bonds is 3. The lowest BCUT2D eigenvalue weighted by atomic mass is 9.85. The number of amides is 1. The first-order valence-corrected chi connectivity index (χ1v) is 6.32. The van der Waals surface area contributed by atoms with E-state index in [-0.39, 0.29) is 0 Å². The van der Waals surface area contributed by atoms with Gasteiger partial charge in [-0.05, 0) is 38.1 Å². The molecule has 1 heterocycles. The zero-order valence-electron chi connectivity index (χ0n) is 9.45. The van der Waals surface area contributed by atoms with Crippen LogP contribution >= 0.6 is 0 Å². The number of hydrogen-bond acceptors (Lipinski definition) is 2. The average Bonchev–Trinajstić information content (AvgIpc) is 2.69.